The van der Waals surface area contributed by atoms with Crippen molar-refractivity contribution in [2.45, 2.75) is 19.1 Å². The van der Waals surface area contributed by atoms with Crippen molar-refractivity contribution in [3.8, 4) is 5.75 Å². The van der Waals surface area contributed by atoms with Crippen LogP contribution < -0.4 is 10.1 Å². The lowest BCUT2D eigenvalue weighted by Crippen LogP contribution is -2.53. The molecule has 1 aromatic heterocycles. The molecule has 1 N–H and O–H groups in total. The Balaban J connectivity index is 0.00000210. The first-order chi connectivity index (χ1) is 12.8. The summed E-state index contributed by atoms with van der Waals surface area (Å²) in [5.41, 5.74) is 2.27. The van der Waals surface area contributed by atoms with Gasteiger partial charge in [0.25, 0.3) is 0 Å². The second-order valence-electron chi connectivity index (χ2n) is 6.73. The van der Waals surface area contributed by atoms with Crippen LogP contribution in [0.25, 0.3) is 0 Å². The summed E-state index contributed by atoms with van der Waals surface area (Å²) in [7, 11) is 1.84. The molecule has 1 atom stereocenters. The number of para-hydroxylation sites is 1. The van der Waals surface area contributed by atoms with E-state index in [9.17, 15) is 0 Å². The van der Waals surface area contributed by atoms with Crippen LogP contribution in [0.4, 0.5) is 0 Å². The van der Waals surface area contributed by atoms with E-state index in [1.165, 1.54) is 5.56 Å². The van der Waals surface area contributed by atoms with E-state index < -0.39 is 0 Å². The number of aromatic nitrogens is 1. The van der Waals surface area contributed by atoms with Gasteiger partial charge in [0, 0.05) is 52.3 Å². The number of benzene rings is 1. The minimum atomic E-state index is 0. The summed E-state index contributed by atoms with van der Waals surface area (Å²) in [6.07, 6.45) is 2.74. The fourth-order valence-electron chi connectivity index (χ4n) is 3.57. The number of ether oxygens (including phenoxy) is 1. The average Bonchev–Trinajstić information content (AvgIpc) is 3.32. The van der Waals surface area contributed by atoms with Gasteiger partial charge in [-0.15, -0.1) is 24.0 Å². The predicted octanol–water partition coefficient (Wildman–Crippen LogP) is 1.99. The smallest absolute Gasteiger partial charge is 0.193 e. The molecule has 2 aliphatic rings. The monoisotopic (exact) mass is 483 g/mol. The second-order valence-corrected chi connectivity index (χ2v) is 6.73. The third-order valence-corrected chi connectivity index (χ3v) is 4.96. The van der Waals surface area contributed by atoms with Gasteiger partial charge in [-0.05, 0) is 11.6 Å². The van der Waals surface area contributed by atoms with Gasteiger partial charge in [0.15, 0.2) is 5.96 Å². The molecular weight excluding hydrogens is 457 g/mol. The Kier molecular flexibility index (Phi) is 6.95. The van der Waals surface area contributed by atoms with Crippen molar-refractivity contribution in [2.24, 2.45) is 4.99 Å². The van der Waals surface area contributed by atoms with Crippen LogP contribution in [0.3, 0.4) is 0 Å². The Morgan fingerprint density at radius 3 is 2.74 bits per heavy atom. The highest BCUT2D eigenvalue weighted by atomic mass is 127. The number of halogens is 1. The molecule has 8 heteroatoms. The topological polar surface area (TPSA) is 66.1 Å². The van der Waals surface area contributed by atoms with Crippen LogP contribution >= 0.6 is 24.0 Å². The molecule has 2 aliphatic heterocycles. The van der Waals surface area contributed by atoms with E-state index in [-0.39, 0.29) is 30.1 Å². The van der Waals surface area contributed by atoms with Crippen molar-refractivity contribution in [1.82, 2.24) is 20.3 Å². The summed E-state index contributed by atoms with van der Waals surface area (Å²) in [4.78, 5) is 9.15. The minimum absolute atomic E-state index is 0. The molecule has 27 heavy (non-hydrogen) atoms. The molecule has 0 bridgehead atoms. The number of aliphatic imine (C=N–C) groups is 1. The van der Waals surface area contributed by atoms with Gasteiger partial charge >= 0.3 is 0 Å². The van der Waals surface area contributed by atoms with Crippen molar-refractivity contribution < 1.29 is 9.26 Å². The zero-order valence-corrected chi connectivity index (χ0v) is 17.8. The van der Waals surface area contributed by atoms with Gasteiger partial charge in [-0.25, -0.2) is 0 Å². The van der Waals surface area contributed by atoms with Crippen LogP contribution in [0.15, 0.2) is 46.1 Å². The summed E-state index contributed by atoms with van der Waals surface area (Å²) < 4.78 is 10.9. The Morgan fingerprint density at radius 2 is 2.04 bits per heavy atom. The van der Waals surface area contributed by atoms with E-state index >= 15 is 0 Å². The number of hydrogen-bond donors (Lipinski definition) is 1. The van der Waals surface area contributed by atoms with Crippen LogP contribution in [0.2, 0.25) is 0 Å². The normalized spacial score (nSPS) is 20.0. The molecule has 0 saturated carbocycles. The fraction of sp³-hybridized carbons (Fsp3) is 0.474. The molecule has 146 valence electrons. The molecule has 4 rings (SSSR count). The summed E-state index contributed by atoms with van der Waals surface area (Å²) in [6, 6.07) is 10.2. The zero-order valence-electron chi connectivity index (χ0n) is 15.5. The number of nitrogens with one attached hydrogen (secondary N) is 1. The van der Waals surface area contributed by atoms with Crippen LogP contribution in [-0.4, -0.2) is 66.8 Å². The maximum atomic E-state index is 6.00. The molecule has 0 radical (unpaired) electrons. The van der Waals surface area contributed by atoms with E-state index in [0.717, 1.165) is 63.1 Å². The Labute approximate surface area is 176 Å². The summed E-state index contributed by atoms with van der Waals surface area (Å²) in [6.45, 7) is 5.47. The third kappa shape index (κ3) is 4.92. The SMILES string of the molecule is CN=C(NCC1Cc2ccccc2O1)N1CCN(Cc2ccon2)CC1.I. The van der Waals surface area contributed by atoms with Crippen LogP contribution in [-0.2, 0) is 13.0 Å². The summed E-state index contributed by atoms with van der Waals surface area (Å²) >= 11 is 0. The Bertz CT molecular complexity index is 719. The second kappa shape index (κ2) is 9.41. The Hall–Kier alpha value is -1.81. The fourth-order valence-corrected chi connectivity index (χ4v) is 3.57. The quantitative estimate of drug-likeness (QED) is 0.408. The van der Waals surface area contributed by atoms with Gasteiger partial charge in [-0.1, -0.05) is 23.4 Å². The average molecular weight is 483 g/mol. The molecule has 0 aliphatic carbocycles. The van der Waals surface area contributed by atoms with Gasteiger partial charge in [-0.3, -0.25) is 9.89 Å². The highest BCUT2D eigenvalue weighted by molar-refractivity contribution is 14.0. The standard InChI is InChI=1S/C19H25N5O2.HI/c1-20-19(21-13-17-12-15-4-2-3-5-18(15)26-17)24-9-7-23(8-10-24)14-16-6-11-25-22-16;/h2-6,11,17H,7-10,12-14H2,1H3,(H,20,21);1H. The Morgan fingerprint density at radius 1 is 1.22 bits per heavy atom. The van der Waals surface area contributed by atoms with Crippen LogP contribution in [0.5, 0.6) is 5.75 Å². The number of guanidine groups is 1. The van der Waals surface area contributed by atoms with E-state index in [4.69, 9.17) is 9.26 Å². The van der Waals surface area contributed by atoms with Crippen molar-refractivity contribution in [3.63, 3.8) is 0 Å². The number of piperazine rings is 1. The largest absolute Gasteiger partial charge is 0.488 e. The predicted molar refractivity (Wildman–Crippen MR) is 115 cm³/mol. The number of nitrogens with zero attached hydrogens (tertiary/aromatic N) is 4. The van der Waals surface area contributed by atoms with Crippen molar-refractivity contribution >= 4 is 29.9 Å². The third-order valence-electron chi connectivity index (χ3n) is 4.96. The van der Waals surface area contributed by atoms with Gasteiger partial charge in [0.2, 0.25) is 0 Å². The molecule has 1 unspecified atom stereocenters. The lowest BCUT2D eigenvalue weighted by molar-refractivity contribution is 0.167. The van der Waals surface area contributed by atoms with Crippen LogP contribution in [0.1, 0.15) is 11.3 Å². The van der Waals surface area contributed by atoms with E-state index in [2.05, 4.69) is 37.4 Å². The first-order valence-electron chi connectivity index (χ1n) is 9.13. The van der Waals surface area contributed by atoms with Gasteiger partial charge < -0.3 is 19.5 Å². The molecule has 7 nitrogen and oxygen atoms in total. The van der Waals surface area contributed by atoms with Gasteiger partial charge in [-0.2, -0.15) is 0 Å². The molecule has 1 fully saturated rings. The lowest BCUT2D eigenvalue weighted by atomic mass is 10.1. The summed E-state index contributed by atoms with van der Waals surface area (Å²) in [5.74, 6) is 1.96. The van der Waals surface area contributed by atoms with Crippen LogP contribution in [0, 0.1) is 0 Å². The summed E-state index contributed by atoms with van der Waals surface area (Å²) in [5, 5.41) is 7.47. The number of rotatable bonds is 4. The minimum Gasteiger partial charge on any atom is -0.488 e. The number of hydrogen-bond acceptors (Lipinski definition) is 5. The lowest BCUT2D eigenvalue weighted by Gasteiger charge is -2.36. The van der Waals surface area contributed by atoms with Crippen molar-refractivity contribution in [2.75, 3.05) is 39.8 Å². The maximum absolute atomic E-state index is 6.00. The zero-order chi connectivity index (χ0) is 17.8. The maximum Gasteiger partial charge on any atom is 0.193 e. The first-order valence-corrected chi connectivity index (χ1v) is 9.13. The highest BCUT2D eigenvalue weighted by Gasteiger charge is 2.24. The molecule has 1 saturated heterocycles. The molecule has 0 spiro atoms. The molecular formula is C19H26IN5O2. The van der Waals surface area contributed by atoms with E-state index in [1.54, 1.807) is 6.26 Å². The molecule has 1 aromatic carbocycles. The van der Waals surface area contributed by atoms with E-state index in [1.807, 2.05) is 25.2 Å². The number of fused-ring (bicyclic) bond motifs is 1. The van der Waals surface area contributed by atoms with Crippen molar-refractivity contribution in [1.29, 1.82) is 0 Å². The highest BCUT2D eigenvalue weighted by Crippen LogP contribution is 2.27. The van der Waals surface area contributed by atoms with E-state index in [0.29, 0.717) is 0 Å². The molecule has 3 heterocycles. The van der Waals surface area contributed by atoms with Gasteiger partial charge in [0.1, 0.15) is 18.1 Å². The van der Waals surface area contributed by atoms with Gasteiger partial charge in [0.05, 0.1) is 12.2 Å². The molecule has 2 aromatic rings. The van der Waals surface area contributed by atoms with Crippen molar-refractivity contribution in [3.05, 3.63) is 47.9 Å². The first kappa shape index (κ1) is 19.9. The molecule has 0 amide bonds.